The van der Waals surface area contributed by atoms with Crippen LogP contribution in [0.5, 0.6) is 0 Å². The van der Waals surface area contributed by atoms with Gasteiger partial charge in [0, 0.05) is 31.0 Å². The molecule has 2 aliphatic rings. The molecule has 1 aromatic rings. The maximum absolute atomic E-state index is 12.1. The van der Waals surface area contributed by atoms with E-state index in [0.29, 0.717) is 11.8 Å². The van der Waals surface area contributed by atoms with E-state index in [9.17, 15) is 4.79 Å². The van der Waals surface area contributed by atoms with Crippen LogP contribution in [0.2, 0.25) is 0 Å². The van der Waals surface area contributed by atoms with E-state index in [-0.39, 0.29) is 12.0 Å². The van der Waals surface area contributed by atoms with Gasteiger partial charge in [-0.3, -0.25) is 9.69 Å². The largest absolute Gasteiger partial charge is 0.468 e. The summed E-state index contributed by atoms with van der Waals surface area (Å²) in [4.78, 5) is 22.4. The highest BCUT2D eigenvalue weighted by Gasteiger charge is 2.47. The van der Waals surface area contributed by atoms with Gasteiger partial charge in [0.1, 0.15) is 12.4 Å². The molecule has 102 valence electrons. The van der Waals surface area contributed by atoms with Crippen molar-refractivity contribution in [3.63, 3.8) is 0 Å². The predicted octanol–water partition coefficient (Wildman–Crippen LogP) is 1.25. The van der Waals surface area contributed by atoms with Gasteiger partial charge in [0.25, 0.3) is 0 Å². The van der Waals surface area contributed by atoms with Crippen LogP contribution in [-0.4, -0.2) is 40.5 Å². The Balaban J connectivity index is 1.78. The molecule has 1 saturated heterocycles. The molecule has 0 radical (unpaired) electrons. The zero-order chi connectivity index (χ0) is 13.2. The smallest absolute Gasteiger partial charge is 0.323 e. The summed E-state index contributed by atoms with van der Waals surface area (Å²) < 4.78 is 5.00. The third-order valence-electron chi connectivity index (χ3n) is 4.43. The number of esters is 1. The van der Waals surface area contributed by atoms with Gasteiger partial charge in [0.15, 0.2) is 0 Å². The Hall–Kier alpha value is -1.49. The minimum absolute atomic E-state index is 0.0855. The third kappa shape index (κ3) is 2.34. The number of carbonyl (C=O) groups is 1. The SMILES string of the molecule is COC(=O)C1C2CCCC2CN1Cc1cncnc1. The van der Waals surface area contributed by atoms with Crippen molar-refractivity contribution >= 4 is 5.97 Å². The number of ether oxygens (including phenoxy) is 1. The Kier molecular flexibility index (Phi) is 3.46. The molecule has 5 nitrogen and oxygen atoms in total. The van der Waals surface area contributed by atoms with Gasteiger partial charge in [-0.05, 0) is 24.7 Å². The van der Waals surface area contributed by atoms with Crippen molar-refractivity contribution in [2.45, 2.75) is 31.8 Å². The molecule has 1 aliphatic carbocycles. The van der Waals surface area contributed by atoms with E-state index in [0.717, 1.165) is 25.1 Å². The summed E-state index contributed by atoms with van der Waals surface area (Å²) in [6.07, 6.45) is 8.78. The van der Waals surface area contributed by atoms with Crippen molar-refractivity contribution in [2.24, 2.45) is 11.8 Å². The van der Waals surface area contributed by atoms with Gasteiger partial charge in [-0.25, -0.2) is 9.97 Å². The lowest BCUT2D eigenvalue weighted by Crippen LogP contribution is -2.40. The van der Waals surface area contributed by atoms with Crippen molar-refractivity contribution < 1.29 is 9.53 Å². The Labute approximate surface area is 113 Å². The number of likely N-dealkylation sites (tertiary alicyclic amines) is 1. The predicted molar refractivity (Wildman–Crippen MR) is 69.1 cm³/mol. The lowest BCUT2D eigenvalue weighted by molar-refractivity contribution is -0.147. The molecule has 5 heteroatoms. The summed E-state index contributed by atoms with van der Waals surface area (Å²) in [6, 6.07) is -0.0855. The van der Waals surface area contributed by atoms with Gasteiger partial charge in [-0.15, -0.1) is 0 Å². The van der Waals surface area contributed by atoms with Crippen LogP contribution in [-0.2, 0) is 16.1 Å². The minimum atomic E-state index is -0.0914. The van der Waals surface area contributed by atoms with E-state index < -0.39 is 0 Å². The second-order valence-electron chi connectivity index (χ2n) is 5.50. The van der Waals surface area contributed by atoms with Gasteiger partial charge in [0.2, 0.25) is 0 Å². The molecule has 1 saturated carbocycles. The maximum Gasteiger partial charge on any atom is 0.323 e. The molecule has 0 N–H and O–H groups in total. The number of nitrogens with zero attached hydrogens (tertiary/aromatic N) is 3. The number of rotatable bonds is 3. The topological polar surface area (TPSA) is 55.3 Å². The summed E-state index contributed by atoms with van der Waals surface area (Å²) in [7, 11) is 1.48. The van der Waals surface area contributed by atoms with Crippen LogP contribution in [0.1, 0.15) is 24.8 Å². The summed E-state index contributed by atoms with van der Waals surface area (Å²) in [5.74, 6) is 1.03. The van der Waals surface area contributed by atoms with Gasteiger partial charge < -0.3 is 4.74 Å². The molecule has 19 heavy (non-hydrogen) atoms. The summed E-state index contributed by atoms with van der Waals surface area (Å²) in [6.45, 7) is 1.72. The number of fused-ring (bicyclic) bond motifs is 1. The van der Waals surface area contributed by atoms with Crippen LogP contribution in [0.4, 0.5) is 0 Å². The summed E-state index contributed by atoms with van der Waals surface area (Å²) >= 11 is 0. The monoisotopic (exact) mass is 261 g/mol. The van der Waals surface area contributed by atoms with Crippen LogP contribution >= 0.6 is 0 Å². The zero-order valence-electron chi connectivity index (χ0n) is 11.2. The molecule has 0 spiro atoms. The maximum atomic E-state index is 12.1. The lowest BCUT2D eigenvalue weighted by atomic mass is 9.94. The Morgan fingerprint density at radius 2 is 2.21 bits per heavy atom. The second kappa shape index (κ2) is 5.25. The number of methoxy groups -OCH3 is 1. The van der Waals surface area contributed by atoms with E-state index >= 15 is 0 Å². The average molecular weight is 261 g/mol. The first-order valence-corrected chi connectivity index (χ1v) is 6.85. The normalized spacial score (nSPS) is 30.3. The zero-order valence-corrected chi connectivity index (χ0v) is 11.2. The molecular weight excluding hydrogens is 242 g/mol. The minimum Gasteiger partial charge on any atom is -0.468 e. The van der Waals surface area contributed by atoms with E-state index in [4.69, 9.17) is 4.74 Å². The first kappa shape index (κ1) is 12.5. The van der Waals surface area contributed by atoms with Gasteiger partial charge in [0.05, 0.1) is 7.11 Å². The molecule has 1 aliphatic heterocycles. The average Bonchev–Trinajstić information content (AvgIpc) is 2.99. The fourth-order valence-corrected chi connectivity index (χ4v) is 3.65. The van der Waals surface area contributed by atoms with E-state index in [1.807, 2.05) is 12.4 Å². The van der Waals surface area contributed by atoms with Gasteiger partial charge in [-0.2, -0.15) is 0 Å². The highest BCUT2D eigenvalue weighted by molar-refractivity contribution is 5.76. The molecular formula is C14H19N3O2. The molecule has 1 aromatic heterocycles. The molecule has 3 atom stereocenters. The van der Waals surface area contributed by atoms with Crippen molar-refractivity contribution in [1.29, 1.82) is 0 Å². The number of carbonyl (C=O) groups excluding carboxylic acids is 1. The molecule has 2 heterocycles. The van der Waals surface area contributed by atoms with E-state index in [1.165, 1.54) is 26.3 Å². The van der Waals surface area contributed by atoms with Crippen LogP contribution in [0.25, 0.3) is 0 Å². The van der Waals surface area contributed by atoms with Crippen LogP contribution < -0.4 is 0 Å². The fraction of sp³-hybridized carbons (Fsp3) is 0.643. The van der Waals surface area contributed by atoms with Gasteiger partial charge in [-0.1, -0.05) is 6.42 Å². The molecule has 0 aromatic carbocycles. The molecule has 3 unspecified atom stereocenters. The van der Waals surface area contributed by atoms with Crippen LogP contribution in [0.3, 0.4) is 0 Å². The number of hydrogen-bond acceptors (Lipinski definition) is 5. The molecule has 0 amide bonds. The van der Waals surface area contributed by atoms with Crippen molar-refractivity contribution in [3.8, 4) is 0 Å². The number of aromatic nitrogens is 2. The third-order valence-corrected chi connectivity index (χ3v) is 4.43. The van der Waals surface area contributed by atoms with Gasteiger partial charge >= 0.3 is 5.97 Å². The molecule has 3 rings (SSSR count). The number of hydrogen-bond donors (Lipinski definition) is 0. The Morgan fingerprint density at radius 3 is 2.95 bits per heavy atom. The van der Waals surface area contributed by atoms with Crippen LogP contribution in [0.15, 0.2) is 18.7 Å². The summed E-state index contributed by atoms with van der Waals surface area (Å²) in [5, 5.41) is 0. The first-order chi connectivity index (χ1) is 9.29. The highest BCUT2D eigenvalue weighted by atomic mass is 16.5. The van der Waals surface area contributed by atoms with Crippen molar-refractivity contribution in [2.75, 3.05) is 13.7 Å². The summed E-state index contributed by atoms with van der Waals surface area (Å²) in [5.41, 5.74) is 1.05. The quantitative estimate of drug-likeness (QED) is 0.766. The Morgan fingerprint density at radius 1 is 1.42 bits per heavy atom. The van der Waals surface area contributed by atoms with Crippen molar-refractivity contribution in [3.05, 3.63) is 24.3 Å². The Bertz CT molecular complexity index is 451. The van der Waals surface area contributed by atoms with E-state index in [2.05, 4.69) is 14.9 Å². The molecule has 0 bridgehead atoms. The van der Waals surface area contributed by atoms with E-state index in [1.54, 1.807) is 0 Å². The van der Waals surface area contributed by atoms with Crippen molar-refractivity contribution in [1.82, 2.24) is 14.9 Å². The molecule has 2 fully saturated rings. The standard InChI is InChI=1S/C14H19N3O2/c1-19-14(18)13-12-4-2-3-11(12)8-17(13)7-10-5-15-9-16-6-10/h5-6,9,11-13H,2-4,7-8H2,1H3. The second-order valence-corrected chi connectivity index (χ2v) is 5.50. The fourth-order valence-electron chi connectivity index (χ4n) is 3.65. The lowest BCUT2D eigenvalue weighted by Gasteiger charge is -2.25. The first-order valence-electron chi connectivity index (χ1n) is 6.85. The van der Waals surface area contributed by atoms with Crippen LogP contribution in [0, 0.1) is 11.8 Å². The highest BCUT2D eigenvalue weighted by Crippen LogP contribution is 2.42.